The lowest BCUT2D eigenvalue weighted by molar-refractivity contribution is -0.440. The Kier molecular flexibility index (Phi) is 6.59. The maximum atomic E-state index is 13.9. The van der Waals surface area contributed by atoms with Crippen molar-refractivity contribution in [2.24, 2.45) is 0 Å². The zero-order valence-corrected chi connectivity index (χ0v) is 17.4. The molecule has 1 nitrogen and oxygen atoms in total. The molecule has 0 atom stereocenters. The number of alkyl halides is 13. The van der Waals surface area contributed by atoms with Crippen molar-refractivity contribution in [1.82, 2.24) is 0 Å². The summed E-state index contributed by atoms with van der Waals surface area (Å²) < 4.78 is 176. The van der Waals surface area contributed by atoms with Crippen molar-refractivity contribution in [3.63, 3.8) is 0 Å². The number of hydrogen-bond acceptors (Lipinski definition) is 1. The third-order valence-corrected chi connectivity index (χ3v) is 5.36. The summed E-state index contributed by atoms with van der Waals surface area (Å²) in [4.78, 5) is 0. The number of ether oxygens (including phenoxy) is 1. The lowest BCUT2D eigenvalue weighted by Gasteiger charge is -2.39. The van der Waals surface area contributed by atoms with Crippen molar-refractivity contribution in [3.05, 3.63) is 54.6 Å². The van der Waals surface area contributed by atoms with Crippen molar-refractivity contribution in [3.8, 4) is 5.75 Å². The standard InChI is InChI=1S/C22H13F13O/c23-17(24,18(25,26)19(27,28)20(29,30)21(31,32)22(33,34)35)7-8-36-16-6-5-14-9-12-3-1-2-4-13(12)10-15(14)11-16/h1-6,9-11H,7-8H2. The highest BCUT2D eigenvalue weighted by Crippen LogP contribution is 2.60. The minimum Gasteiger partial charge on any atom is -0.493 e. The van der Waals surface area contributed by atoms with E-state index in [2.05, 4.69) is 0 Å². The minimum atomic E-state index is -7.91. The van der Waals surface area contributed by atoms with Crippen molar-refractivity contribution < 1.29 is 61.8 Å². The molecule has 3 aromatic rings. The van der Waals surface area contributed by atoms with Gasteiger partial charge in [-0.2, -0.15) is 57.1 Å². The summed E-state index contributed by atoms with van der Waals surface area (Å²) in [5, 5.41) is 2.73. The smallest absolute Gasteiger partial charge is 0.460 e. The molecule has 198 valence electrons. The van der Waals surface area contributed by atoms with E-state index in [-0.39, 0.29) is 5.75 Å². The Bertz CT molecular complexity index is 1250. The third kappa shape index (κ3) is 4.27. The number of fused-ring (bicyclic) bond motifs is 2. The molecule has 0 aliphatic carbocycles. The second-order valence-electron chi connectivity index (χ2n) is 7.81. The van der Waals surface area contributed by atoms with Gasteiger partial charge >= 0.3 is 35.8 Å². The molecule has 0 saturated carbocycles. The van der Waals surface area contributed by atoms with E-state index in [1.807, 2.05) is 0 Å². The van der Waals surface area contributed by atoms with Gasteiger partial charge in [-0.15, -0.1) is 0 Å². The molecule has 0 amide bonds. The fraction of sp³-hybridized carbons (Fsp3) is 0.364. The van der Waals surface area contributed by atoms with Gasteiger partial charge in [0.1, 0.15) is 5.75 Å². The van der Waals surface area contributed by atoms with E-state index in [9.17, 15) is 57.1 Å². The molecule has 0 N–H and O–H groups in total. The van der Waals surface area contributed by atoms with Gasteiger partial charge in [-0.3, -0.25) is 0 Å². The lowest BCUT2D eigenvalue weighted by Crippen LogP contribution is -2.70. The Balaban J connectivity index is 1.79. The Morgan fingerprint density at radius 3 is 1.50 bits per heavy atom. The van der Waals surface area contributed by atoms with E-state index in [0.29, 0.717) is 10.8 Å². The van der Waals surface area contributed by atoms with Crippen molar-refractivity contribution in [2.75, 3.05) is 6.61 Å². The van der Waals surface area contributed by atoms with Gasteiger partial charge in [0.05, 0.1) is 13.0 Å². The Hall–Kier alpha value is -2.93. The fourth-order valence-electron chi connectivity index (χ4n) is 3.26. The van der Waals surface area contributed by atoms with E-state index < -0.39 is 48.8 Å². The summed E-state index contributed by atoms with van der Waals surface area (Å²) in [5.41, 5.74) is 0. The van der Waals surface area contributed by atoms with E-state index >= 15 is 0 Å². The molecular weight excluding hydrogens is 527 g/mol. The van der Waals surface area contributed by atoms with Crippen molar-refractivity contribution in [1.29, 1.82) is 0 Å². The molecule has 14 heteroatoms. The zero-order valence-electron chi connectivity index (χ0n) is 17.4. The maximum Gasteiger partial charge on any atom is 0.460 e. The molecule has 0 unspecified atom stereocenters. The molecule has 0 spiro atoms. The Morgan fingerprint density at radius 1 is 0.500 bits per heavy atom. The van der Waals surface area contributed by atoms with Crippen LogP contribution < -0.4 is 4.74 Å². The van der Waals surface area contributed by atoms with Crippen LogP contribution in [-0.4, -0.2) is 42.4 Å². The molecular formula is C22H13F13O. The highest BCUT2D eigenvalue weighted by Gasteiger charge is 2.90. The molecule has 0 aliphatic heterocycles. The van der Waals surface area contributed by atoms with Gasteiger partial charge in [-0.1, -0.05) is 30.3 Å². The molecule has 3 aromatic carbocycles. The first-order valence-corrected chi connectivity index (χ1v) is 9.77. The molecule has 0 radical (unpaired) electrons. The van der Waals surface area contributed by atoms with Crippen LogP contribution in [0, 0.1) is 0 Å². The molecule has 0 heterocycles. The highest BCUT2D eigenvalue weighted by molar-refractivity contribution is 5.98. The van der Waals surface area contributed by atoms with E-state index in [1.54, 1.807) is 36.4 Å². The molecule has 0 saturated heterocycles. The SMILES string of the molecule is FC(F)(F)C(F)(F)C(F)(F)C(F)(F)C(F)(F)C(F)(F)CCOc1ccc2cc3ccccc3cc2c1. The Labute approximate surface area is 193 Å². The quantitative estimate of drug-likeness (QED) is 0.206. The van der Waals surface area contributed by atoms with Crippen LogP contribution in [-0.2, 0) is 0 Å². The summed E-state index contributed by atoms with van der Waals surface area (Å²) in [5.74, 6) is -37.2. The second-order valence-corrected chi connectivity index (χ2v) is 7.81. The van der Waals surface area contributed by atoms with Gasteiger partial charge < -0.3 is 4.74 Å². The third-order valence-electron chi connectivity index (χ3n) is 5.36. The molecule has 0 aromatic heterocycles. The summed E-state index contributed by atoms with van der Waals surface area (Å²) in [6.45, 7) is -1.50. The summed E-state index contributed by atoms with van der Waals surface area (Å²) in [6, 6.07) is 14.3. The summed E-state index contributed by atoms with van der Waals surface area (Å²) in [7, 11) is 0. The molecule has 0 bridgehead atoms. The van der Waals surface area contributed by atoms with Crippen molar-refractivity contribution >= 4 is 21.5 Å². The van der Waals surface area contributed by atoms with Gasteiger partial charge in [0.25, 0.3) is 0 Å². The van der Waals surface area contributed by atoms with E-state index in [4.69, 9.17) is 4.74 Å². The second kappa shape index (κ2) is 8.58. The molecule has 36 heavy (non-hydrogen) atoms. The zero-order chi connectivity index (χ0) is 27.4. The van der Waals surface area contributed by atoms with E-state index in [0.717, 1.165) is 10.8 Å². The summed E-state index contributed by atoms with van der Waals surface area (Å²) in [6.07, 6.45) is -9.85. The van der Waals surface area contributed by atoms with E-state index in [1.165, 1.54) is 18.2 Å². The van der Waals surface area contributed by atoms with Gasteiger partial charge in [-0.05, 0) is 45.8 Å². The van der Waals surface area contributed by atoms with Crippen LogP contribution in [0.15, 0.2) is 54.6 Å². The van der Waals surface area contributed by atoms with Crippen LogP contribution >= 0.6 is 0 Å². The number of benzene rings is 3. The molecule has 0 aliphatic rings. The van der Waals surface area contributed by atoms with Crippen LogP contribution in [0.1, 0.15) is 6.42 Å². The average Bonchev–Trinajstić information content (AvgIpc) is 2.76. The van der Waals surface area contributed by atoms with Crippen LogP contribution in [0.5, 0.6) is 5.75 Å². The van der Waals surface area contributed by atoms with Crippen LogP contribution in [0.3, 0.4) is 0 Å². The maximum absolute atomic E-state index is 13.9. The predicted molar refractivity (Wildman–Crippen MR) is 102 cm³/mol. The average molecular weight is 540 g/mol. The minimum absolute atomic E-state index is 0.224. The highest BCUT2D eigenvalue weighted by atomic mass is 19.4. The van der Waals surface area contributed by atoms with Crippen LogP contribution in [0.25, 0.3) is 21.5 Å². The number of rotatable bonds is 8. The first kappa shape index (κ1) is 27.7. The predicted octanol–water partition coefficient (Wildman–Crippen LogP) is 8.50. The largest absolute Gasteiger partial charge is 0.493 e. The van der Waals surface area contributed by atoms with Gasteiger partial charge in [0, 0.05) is 0 Å². The van der Waals surface area contributed by atoms with Gasteiger partial charge in [-0.25, -0.2) is 0 Å². The monoisotopic (exact) mass is 540 g/mol. The summed E-state index contributed by atoms with van der Waals surface area (Å²) >= 11 is 0. The van der Waals surface area contributed by atoms with Gasteiger partial charge in [0.15, 0.2) is 0 Å². The first-order chi connectivity index (χ1) is 16.3. The lowest BCUT2D eigenvalue weighted by atomic mass is 9.93. The molecule has 3 rings (SSSR count). The fourth-order valence-corrected chi connectivity index (χ4v) is 3.26. The first-order valence-electron chi connectivity index (χ1n) is 9.77. The molecule has 0 fully saturated rings. The van der Waals surface area contributed by atoms with Gasteiger partial charge in [0.2, 0.25) is 0 Å². The Morgan fingerprint density at radius 2 is 0.972 bits per heavy atom. The number of hydrogen-bond donors (Lipinski definition) is 0. The normalized spacial score (nSPS) is 14.5. The van der Waals surface area contributed by atoms with Crippen LogP contribution in [0.4, 0.5) is 57.1 Å². The van der Waals surface area contributed by atoms with Crippen LogP contribution in [0.2, 0.25) is 0 Å². The number of halogens is 13. The topological polar surface area (TPSA) is 9.23 Å². The van der Waals surface area contributed by atoms with Crippen molar-refractivity contribution in [2.45, 2.75) is 42.2 Å².